The monoisotopic (exact) mass is 155 g/mol. The molecule has 0 radical (unpaired) electrons. The Balaban J connectivity index is 3.21. The van der Waals surface area contributed by atoms with Gasteiger partial charge in [-0.1, -0.05) is 11.6 Å². The summed E-state index contributed by atoms with van der Waals surface area (Å²) in [6, 6.07) is 1.70. The zero-order valence-electron chi connectivity index (χ0n) is 5.47. The van der Waals surface area contributed by atoms with Gasteiger partial charge in [-0.25, -0.2) is 4.98 Å². The molecular weight excluding hydrogens is 150 g/mol. The van der Waals surface area contributed by atoms with Crippen molar-refractivity contribution in [3.63, 3.8) is 0 Å². The number of hydrogen-bond donors (Lipinski definition) is 0. The van der Waals surface area contributed by atoms with Gasteiger partial charge in [0.1, 0.15) is 5.15 Å². The minimum absolute atomic E-state index is 0.264. The molecule has 0 aliphatic rings. The van der Waals surface area contributed by atoms with Gasteiger partial charge in [0.25, 0.3) is 0 Å². The van der Waals surface area contributed by atoms with Crippen molar-refractivity contribution in [1.29, 1.82) is 0 Å². The van der Waals surface area contributed by atoms with E-state index in [0.29, 0.717) is 11.8 Å². The molecule has 0 spiro atoms. The maximum atomic E-state index is 10.3. The van der Waals surface area contributed by atoms with Crippen LogP contribution < -0.4 is 0 Å². The number of carbonyl (C=O) groups is 1. The lowest BCUT2D eigenvalue weighted by Gasteiger charge is -1.94. The average molecular weight is 156 g/mol. The van der Waals surface area contributed by atoms with E-state index in [1.807, 2.05) is 6.92 Å². The van der Waals surface area contributed by atoms with Gasteiger partial charge in [0.2, 0.25) is 0 Å². The van der Waals surface area contributed by atoms with Gasteiger partial charge in [-0.05, 0) is 18.6 Å². The van der Waals surface area contributed by atoms with Gasteiger partial charge in [0, 0.05) is 6.20 Å². The number of aryl methyl sites for hydroxylation is 1. The lowest BCUT2D eigenvalue weighted by atomic mass is 10.2. The molecule has 0 unspecified atom stereocenters. The van der Waals surface area contributed by atoms with E-state index in [1.54, 1.807) is 12.3 Å². The van der Waals surface area contributed by atoms with Crippen LogP contribution in [0.2, 0.25) is 5.15 Å². The molecule has 0 bridgehead atoms. The van der Waals surface area contributed by atoms with E-state index in [9.17, 15) is 4.79 Å². The Kier molecular flexibility index (Phi) is 2.02. The second kappa shape index (κ2) is 2.80. The largest absolute Gasteiger partial charge is 0.298 e. The second-order valence-corrected chi connectivity index (χ2v) is 2.37. The average Bonchev–Trinajstić information content (AvgIpc) is 1.94. The van der Waals surface area contributed by atoms with Crippen LogP contribution in [0.4, 0.5) is 0 Å². The third kappa shape index (κ3) is 1.33. The van der Waals surface area contributed by atoms with Crippen molar-refractivity contribution in [3.8, 4) is 0 Å². The van der Waals surface area contributed by atoms with E-state index in [4.69, 9.17) is 11.6 Å². The highest BCUT2D eigenvalue weighted by Gasteiger charge is 1.97. The third-order valence-electron chi connectivity index (χ3n) is 1.13. The quantitative estimate of drug-likeness (QED) is 0.458. The minimum atomic E-state index is 0.264. The predicted octanol–water partition coefficient (Wildman–Crippen LogP) is 1.86. The first-order valence-electron chi connectivity index (χ1n) is 2.81. The maximum Gasteiger partial charge on any atom is 0.153 e. The smallest absolute Gasteiger partial charge is 0.153 e. The molecule has 1 rings (SSSR count). The molecule has 0 saturated heterocycles. The number of carbonyl (C=O) groups excluding carboxylic acids is 1. The molecule has 0 aliphatic carbocycles. The summed E-state index contributed by atoms with van der Waals surface area (Å²) in [5, 5.41) is 0.264. The van der Waals surface area contributed by atoms with Gasteiger partial charge in [-0.2, -0.15) is 0 Å². The highest BCUT2D eigenvalue weighted by Crippen LogP contribution is 2.10. The van der Waals surface area contributed by atoms with Gasteiger partial charge in [-0.15, -0.1) is 0 Å². The number of hydrogen-bond acceptors (Lipinski definition) is 2. The van der Waals surface area contributed by atoms with Crippen LogP contribution in [0.3, 0.4) is 0 Å². The topological polar surface area (TPSA) is 30.0 Å². The molecule has 0 amide bonds. The Morgan fingerprint density at radius 3 is 2.90 bits per heavy atom. The molecule has 52 valence electrons. The van der Waals surface area contributed by atoms with Crippen LogP contribution in [0.1, 0.15) is 15.9 Å². The van der Waals surface area contributed by atoms with E-state index >= 15 is 0 Å². The molecule has 0 aliphatic heterocycles. The first kappa shape index (κ1) is 7.22. The van der Waals surface area contributed by atoms with Gasteiger partial charge >= 0.3 is 0 Å². The molecule has 1 heterocycles. The molecule has 2 nitrogen and oxygen atoms in total. The zero-order chi connectivity index (χ0) is 7.56. The van der Waals surface area contributed by atoms with Gasteiger partial charge < -0.3 is 0 Å². The van der Waals surface area contributed by atoms with Crippen molar-refractivity contribution in [2.24, 2.45) is 0 Å². The van der Waals surface area contributed by atoms with Crippen LogP contribution in [-0.4, -0.2) is 11.3 Å². The molecule has 3 heteroatoms. The van der Waals surface area contributed by atoms with Crippen LogP contribution >= 0.6 is 11.6 Å². The molecule has 0 fully saturated rings. The molecule has 0 atom stereocenters. The molecule has 10 heavy (non-hydrogen) atoms. The summed E-state index contributed by atoms with van der Waals surface area (Å²) in [5.74, 6) is 0. The Bertz CT molecular complexity index is 260. The molecule has 0 N–H and O–H groups in total. The lowest BCUT2D eigenvalue weighted by molar-refractivity contribution is 0.112. The van der Waals surface area contributed by atoms with Crippen molar-refractivity contribution in [2.75, 3.05) is 0 Å². The fourth-order valence-corrected chi connectivity index (χ4v) is 0.806. The number of nitrogens with zero attached hydrogens (tertiary/aromatic N) is 1. The minimum Gasteiger partial charge on any atom is -0.298 e. The van der Waals surface area contributed by atoms with Crippen molar-refractivity contribution < 1.29 is 4.79 Å². The molecule has 0 saturated carbocycles. The summed E-state index contributed by atoms with van der Waals surface area (Å²) in [4.78, 5) is 14.0. The summed E-state index contributed by atoms with van der Waals surface area (Å²) in [6.07, 6.45) is 2.32. The number of pyridine rings is 1. The van der Waals surface area contributed by atoms with E-state index in [-0.39, 0.29) is 5.15 Å². The molecule has 1 aromatic heterocycles. The highest BCUT2D eigenvalue weighted by molar-refractivity contribution is 6.31. The molecule has 1 aromatic rings. The Morgan fingerprint density at radius 1 is 1.70 bits per heavy atom. The van der Waals surface area contributed by atoms with Gasteiger partial charge in [0.15, 0.2) is 6.29 Å². The Labute approximate surface area is 63.8 Å². The summed E-state index contributed by atoms with van der Waals surface area (Å²) in [5.41, 5.74) is 1.38. The first-order chi connectivity index (χ1) is 4.74. The Morgan fingerprint density at radius 2 is 2.40 bits per heavy atom. The predicted molar refractivity (Wildman–Crippen MR) is 39.4 cm³/mol. The van der Waals surface area contributed by atoms with Crippen molar-refractivity contribution in [2.45, 2.75) is 6.92 Å². The second-order valence-electron chi connectivity index (χ2n) is 2.01. The van der Waals surface area contributed by atoms with Crippen molar-refractivity contribution in [1.82, 2.24) is 4.98 Å². The summed E-state index contributed by atoms with van der Waals surface area (Å²) in [7, 11) is 0. The van der Waals surface area contributed by atoms with Gasteiger partial charge in [0.05, 0.1) is 5.56 Å². The fourth-order valence-electron chi connectivity index (χ4n) is 0.658. The first-order valence-corrected chi connectivity index (χ1v) is 3.19. The van der Waals surface area contributed by atoms with Gasteiger partial charge in [-0.3, -0.25) is 4.79 Å². The summed E-state index contributed by atoms with van der Waals surface area (Å²) < 4.78 is 0. The third-order valence-corrected chi connectivity index (χ3v) is 1.45. The highest BCUT2D eigenvalue weighted by atomic mass is 35.5. The number of rotatable bonds is 1. The Hall–Kier alpha value is -0.890. The summed E-state index contributed by atoms with van der Waals surface area (Å²) >= 11 is 5.55. The number of halogens is 1. The maximum absolute atomic E-state index is 10.3. The van der Waals surface area contributed by atoms with E-state index in [0.717, 1.165) is 5.56 Å². The van der Waals surface area contributed by atoms with Crippen LogP contribution in [0.25, 0.3) is 0 Å². The van der Waals surface area contributed by atoms with E-state index in [1.165, 1.54) is 0 Å². The van der Waals surface area contributed by atoms with Crippen LogP contribution in [0.15, 0.2) is 12.3 Å². The molecular formula is C7H6ClNO. The van der Waals surface area contributed by atoms with Crippen LogP contribution in [-0.2, 0) is 0 Å². The van der Waals surface area contributed by atoms with Crippen molar-refractivity contribution in [3.05, 3.63) is 28.5 Å². The lowest BCUT2D eigenvalue weighted by Crippen LogP contribution is -1.86. The van der Waals surface area contributed by atoms with E-state index < -0.39 is 0 Å². The van der Waals surface area contributed by atoms with Crippen LogP contribution in [0.5, 0.6) is 0 Å². The SMILES string of the molecule is Cc1cnc(Cl)c(C=O)c1. The zero-order valence-corrected chi connectivity index (χ0v) is 6.22. The summed E-state index contributed by atoms with van der Waals surface area (Å²) in [6.45, 7) is 1.86. The van der Waals surface area contributed by atoms with Crippen molar-refractivity contribution >= 4 is 17.9 Å². The number of aldehydes is 1. The van der Waals surface area contributed by atoms with Crippen LogP contribution in [0, 0.1) is 6.92 Å². The normalized spacial score (nSPS) is 9.40. The fraction of sp³-hybridized carbons (Fsp3) is 0.143. The standard InChI is InChI=1S/C7H6ClNO/c1-5-2-6(4-10)7(8)9-3-5/h2-4H,1H3. The number of aromatic nitrogens is 1. The molecule has 0 aromatic carbocycles. The van der Waals surface area contributed by atoms with E-state index in [2.05, 4.69) is 4.98 Å².